The number of carbonyl (C=O) groups is 2. The van der Waals surface area contributed by atoms with Crippen molar-refractivity contribution >= 4 is 11.9 Å². The minimum atomic E-state index is -3.62. The number of benzene rings is 1. The van der Waals surface area contributed by atoms with Gasteiger partial charge in [-0.05, 0) is 12.8 Å². The topological polar surface area (TPSA) is 46.6 Å². The average Bonchev–Trinajstić information content (AvgIpc) is 2.96. The lowest BCUT2D eigenvalue weighted by Gasteiger charge is -2.29. The number of amides is 1. The molecular weight excluding hydrogens is 268 g/mol. The summed E-state index contributed by atoms with van der Waals surface area (Å²) in [7, 11) is 1.13. The Balaban J connectivity index is 2.25. The number of halogens is 2. The summed E-state index contributed by atoms with van der Waals surface area (Å²) in [6.07, 6.45) is -0.314. The summed E-state index contributed by atoms with van der Waals surface area (Å²) in [5.41, 5.74) is -0.0609. The summed E-state index contributed by atoms with van der Waals surface area (Å²) in [5, 5.41) is 0. The molecule has 1 aromatic carbocycles. The van der Waals surface area contributed by atoms with Crippen molar-refractivity contribution < 1.29 is 23.1 Å². The van der Waals surface area contributed by atoms with Crippen LogP contribution in [0.5, 0.6) is 0 Å². The summed E-state index contributed by atoms with van der Waals surface area (Å²) < 4.78 is 33.2. The number of nitrogens with zero attached hydrogens (tertiary/aromatic N) is 1. The third-order valence-electron chi connectivity index (χ3n) is 3.42. The molecule has 1 amide bonds. The summed E-state index contributed by atoms with van der Waals surface area (Å²) in [4.78, 5) is 24.4. The van der Waals surface area contributed by atoms with Gasteiger partial charge in [0.1, 0.15) is 6.04 Å². The van der Waals surface area contributed by atoms with Gasteiger partial charge in [0.05, 0.1) is 7.11 Å². The first-order valence-electron chi connectivity index (χ1n) is 6.30. The van der Waals surface area contributed by atoms with Gasteiger partial charge in [-0.2, -0.15) is 8.78 Å². The van der Waals surface area contributed by atoms with E-state index < -0.39 is 23.8 Å². The number of rotatable bonds is 3. The highest BCUT2D eigenvalue weighted by Crippen LogP contribution is 2.34. The molecule has 0 saturated carbocycles. The number of hydrogen-bond acceptors (Lipinski definition) is 3. The van der Waals surface area contributed by atoms with Crippen molar-refractivity contribution in [3.05, 3.63) is 35.9 Å². The Bertz CT molecular complexity index is 504. The van der Waals surface area contributed by atoms with Crippen LogP contribution in [-0.4, -0.2) is 42.4 Å². The molecule has 20 heavy (non-hydrogen) atoms. The molecule has 1 saturated heterocycles. The fourth-order valence-electron chi connectivity index (χ4n) is 2.41. The van der Waals surface area contributed by atoms with E-state index in [-0.39, 0.29) is 18.5 Å². The Kier molecular flexibility index (Phi) is 4.01. The van der Waals surface area contributed by atoms with Crippen molar-refractivity contribution in [3.8, 4) is 0 Å². The Morgan fingerprint density at radius 2 is 1.95 bits per heavy atom. The van der Waals surface area contributed by atoms with E-state index in [0.717, 1.165) is 12.0 Å². The molecule has 0 N–H and O–H groups in total. The van der Waals surface area contributed by atoms with E-state index in [1.54, 1.807) is 6.07 Å². The fourth-order valence-corrected chi connectivity index (χ4v) is 2.41. The van der Waals surface area contributed by atoms with Crippen LogP contribution in [0.1, 0.15) is 23.2 Å². The maximum atomic E-state index is 14.4. The van der Waals surface area contributed by atoms with Crippen LogP contribution in [0.15, 0.2) is 30.3 Å². The molecule has 1 aliphatic rings. The summed E-state index contributed by atoms with van der Waals surface area (Å²) in [5.74, 6) is -4.88. The van der Waals surface area contributed by atoms with Gasteiger partial charge in [0.2, 0.25) is 5.78 Å². The highest BCUT2D eigenvalue weighted by molar-refractivity contribution is 6.02. The molecule has 0 aromatic heterocycles. The molecule has 0 radical (unpaired) electrons. The first kappa shape index (κ1) is 14.4. The summed E-state index contributed by atoms with van der Waals surface area (Å²) in [6.45, 7) is 0.176. The van der Waals surface area contributed by atoms with Gasteiger partial charge in [-0.3, -0.25) is 9.69 Å². The zero-order chi connectivity index (χ0) is 14.8. The Morgan fingerprint density at radius 1 is 1.30 bits per heavy atom. The van der Waals surface area contributed by atoms with E-state index in [1.807, 2.05) is 0 Å². The normalized spacial score (nSPS) is 18.9. The number of carbonyl (C=O) groups excluding carboxylic acids is 2. The number of hydrogen-bond donors (Lipinski definition) is 0. The van der Waals surface area contributed by atoms with Crippen molar-refractivity contribution in [1.29, 1.82) is 0 Å². The van der Waals surface area contributed by atoms with Crippen LogP contribution in [0.2, 0.25) is 0 Å². The Hall–Kier alpha value is -1.98. The van der Waals surface area contributed by atoms with Crippen LogP contribution < -0.4 is 0 Å². The smallest absolute Gasteiger partial charge is 0.409 e. The summed E-state index contributed by atoms with van der Waals surface area (Å²) >= 11 is 0. The van der Waals surface area contributed by atoms with Gasteiger partial charge in [0.25, 0.3) is 0 Å². The fraction of sp³-hybridized carbons (Fsp3) is 0.429. The molecule has 0 bridgehead atoms. The standard InChI is InChI=1S/C14H15F2NO3/c1-20-13(19)17-9-5-8-11(17)14(15,16)12(18)10-6-3-2-4-7-10/h2-4,6-7,11H,5,8-9H2,1H3. The average molecular weight is 283 g/mol. The van der Waals surface area contributed by atoms with Crippen LogP contribution in [0.4, 0.5) is 13.6 Å². The van der Waals surface area contributed by atoms with Crippen LogP contribution in [0.3, 0.4) is 0 Å². The van der Waals surface area contributed by atoms with Gasteiger partial charge in [-0.25, -0.2) is 4.79 Å². The molecule has 1 heterocycles. The number of Topliss-reactive ketones (excluding diaryl/α,β-unsaturated/α-hetero) is 1. The predicted molar refractivity (Wildman–Crippen MR) is 67.9 cm³/mol. The zero-order valence-electron chi connectivity index (χ0n) is 11.0. The highest BCUT2D eigenvalue weighted by Gasteiger charge is 2.53. The third kappa shape index (κ3) is 2.50. The zero-order valence-corrected chi connectivity index (χ0v) is 11.0. The van der Waals surface area contributed by atoms with E-state index in [4.69, 9.17) is 0 Å². The summed E-state index contributed by atoms with van der Waals surface area (Å²) in [6, 6.07) is 5.93. The lowest BCUT2D eigenvalue weighted by molar-refractivity contribution is -0.0386. The monoisotopic (exact) mass is 283 g/mol. The van der Waals surface area contributed by atoms with Crippen molar-refractivity contribution in [2.75, 3.05) is 13.7 Å². The maximum absolute atomic E-state index is 14.4. The molecular formula is C14H15F2NO3. The molecule has 2 rings (SSSR count). The Morgan fingerprint density at radius 3 is 2.55 bits per heavy atom. The lowest BCUT2D eigenvalue weighted by Crippen LogP contribution is -2.50. The number of likely N-dealkylation sites (tertiary alicyclic amines) is 1. The number of ether oxygens (including phenoxy) is 1. The largest absolute Gasteiger partial charge is 0.453 e. The highest BCUT2D eigenvalue weighted by atomic mass is 19.3. The minimum Gasteiger partial charge on any atom is -0.453 e. The molecule has 1 aliphatic heterocycles. The van der Waals surface area contributed by atoms with Gasteiger partial charge < -0.3 is 4.74 Å². The molecule has 1 fully saturated rings. The van der Waals surface area contributed by atoms with Crippen molar-refractivity contribution in [2.45, 2.75) is 24.8 Å². The second kappa shape index (κ2) is 5.56. The lowest BCUT2D eigenvalue weighted by atomic mass is 9.98. The van der Waals surface area contributed by atoms with Gasteiger partial charge in [0.15, 0.2) is 0 Å². The molecule has 1 unspecified atom stereocenters. The van der Waals surface area contributed by atoms with Crippen LogP contribution in [-0.2, 0) is 4.74 Å². The molecule has 1 atom stereocenters. The molecule has 6 heteroatoms. The van der Waals surface area contributed by atoms with Gasteiger partial charge in [-0.1, -0.05) is 30.3 Å². The van der Waals surface area contributed by atoms with E-state index in [9.17, 15) is 18.4 Å². The number of ketones is 1. The predicted octanol–water partition coefficient (Wildman–Crippen LogP) is 2.74. The molecule has 1 aromatic rings. The first-order chi connectivity index (χ1) is 9.48. The molecule has 108 valence electrons. The molecule has 4 nitrogen and oxygen atoms in total. The van der Waals surface area contributed by atoms with E-state index in [2.05, 4.69) is 4.74 Å². The maximum Gasteiger partial charge on any atom is 0.409 e. The quantitative estimate of drug-likeness (QED) is 0.801. The molecule has 0 aliphatic carbocycles. The number of methoxy groups -OCH3 is 1. The van der Waals surface area contributed by atoms with Crippen molar-refractivity contribution in [3.63, 3.8) is 0 Å². The van der Waals surface area contributed by atoms with Crippen LogP contribution in [0, 0.1) is 0 Å². The van der Waals surface area contributed by atoms with Crippen molar-refractivity contribution in [1.82, 2.24) is 4.90 Å². The Labute approximate surface area is 115 Å². The van der Waals surface area contributed by atoms with Crippen LogP contribution >= 0.6 is 0 Å². The van der Waals surface area contributed by atoms with Gasteiger partial charge in [-0.15, -0.1) is 0 Å². The number of alkyl halides is 2. The minimum absolute atomic E-state index is 0.0609. The molecule has 0 spiro atoms. The van der Waals surface area contributed by atoms with Crippen LogP contribution in [0.25, 0.3) is 0 Å². The van der Waals surface area contributed by atoms with Gasteiger partial charge in [0, 0.05) is 12.1 Å². The van der Waals surface area contributed by atoms with E-state index in [1.165, 1.54) is 24.3 Å². The second-order valence-corrected chi connectivity index (χ2v) is 4.64. The second-order valence-electron chi connectivity index (χ2n) is 4.64. The van der Waals surface area contributed by atoms with Crippen molar-refractivity contribution in [2.24, 2.45) is 0 Å². The third-order valence-corrected chi connectivity index (χ3v) is 3.42. The first-order valence-corrected chi connectivity index (χ1v) is 6.30. The van der Waals surface area contributed by atoms with E-state index >= 15 is 0 Å². The SMILES string of the molecule is COC(=O)N1CCCC1C(F)(F)C(=O)c1ccccc1. The van der Waals surface area contributed by atoms with E-state index in [0.29, 0.717) is 6.42 Å². The van der Waals surface area contributed by atoms with Gasteiger partial charge >= 0.3 is 12.0 Å².